The molecule has 0 aliphatic carbocycles. The van der Waals surface area contributed by atoms with Gasteiger partial charge in [-0.1, -0.05) is 40.3 Å². The normalized spacial score (nSPS) is 18.9. The van der Waals surface area contributed by atoms with Crippen LogP contribution in [0.25, 0.3) is 12.2 Å². The molecule has 0 radical (unpaired) electrons. The molecule has 2 aliphatic rings. The van der Waals surface area contributed by atoms with Gasteiger partial charge in [-0.3, -0.25) is 4.55 Å². The van der Waals surface area contributed by atoms with Crippen LogP contribution in [0.15, 0.2) is 35.3 Å². The quantitative estimate of drug-likeness (QED) is 0.300. The maximum absolute atomic E-state index is 11.2. The summed E-state index contributed by atoms with van der Waals surface area (Å²) in [6.07, 6.45) is 4.31. The van der Waals surface area contributed by atoms with Crippen LogP contribution in [0.4, 0.5) is 11.4 Å². The lowest BCUT2D eigenvalue weighted by molar-refractivity contribution is 0.372. The van der Waals surface area contributed by atoms with Crippen LogP contribution in [0.1, 0.15) is 84.8 Å². The molecule has 0 amide bonds. The van der Waals surface area contributed by atoms with Crippen molar-refractivity contribution < 1.29 is 17.7 Å². The van der Waals surface area contributed by atoms with Gasteiger partial charge in [-0.05, 0) is 91.5 Å². The molecule has 7 heteroatoms. The van der Waals surface area contributed by atoms with Crippen molar-refractivity contribution in [3.63, 3.8) is 0 Å². The van der Waals surface area contributed by atoms with Gasteiger partial charge in [0.2, 0.25) is 0 Å². The Bertz CT molecular complexity index is 1470. The van der Waals surface area contributed by atoms with Crippen molar-refractivity contribution in [2.24, 2.45) is 10.4 Å². The van der Waals surface area contributed by atoms with Crippen molar-refractivity contribution in [3.8, 4) is 11.5 Å². The summed E-state index contributed by atoms with van der Waals surface area (Å²) in [7, 11) is -3.95. The zero-order valence-corrected chi connectivity index (χ0v) is 24.0. The Hall–Kier alpha value is -2.64. The number of rotatable bonds is 6. The van der Waals surface area contributed by atoms with E-state index in [-0.39, 0.29) is 16.7 Å². The first kappa shape index (κ1) is 27.4. The number of ether oxygens (including phenoxy) is 1. The molecule has 200 valence electrons. The number of unbranched alkanes of at least 4 members (excludes halogenated alkanes) is 1. The van der Waals surface area contributed by atoms with E-state index in [2.05, 4.69) is 84.2 Å². The molecule has 2 heterocycles. The Labute approximate surface area is 221 Å². The van der Waals surface area contributed by atoms with Crippen LogP contribution in [-0.2, 0) is 10.1 Å². The number of fused-ring (bicyclic) bond motifs is 3. The number of allylic oxidation sites excluding steroid dienone is 2. The van der Waals surface area contributed by atoms with E-state index in [9.17, 15) is 8.42 Å². The van der Waals surface area contributed by atoms with E-state index in [4.69, 9.17) is 14.3 Å². The third-order valence-electron chi connectivity index (χ3n) is 7.22. The number of hydrogen-bond donors (Lipinski definition) is 1. The van der Waals surface area contributed by atoms with Crippen LogP contribution >= 0.6 is 0 Å². The van der Waals surface area contributed by atoms with Crippen molar-refractivity contribution in [1.82, 2.24) is 0 Å². The lowest BCUT2D eigenvalue weighted by atomic mass is 9.79. The van der Waals surface area contributed by atoms with Gasteiger partial charge in [0.05, 0.1) is 5.75 Å². The highest BCUT2D eigenvalue weighted by Crippen LogP contribution is 2.48. The third-order valence-corrected chi connectivity index (χ3v) is 8.02. The molecule has 4 rings (SSSR count). The zero-order valence-electron chi connectivity index (χ0n) is 23.2. The summed E-state index contributed by atoms with van der Waals surface area (Å²) in [5, 5.41) is 1.71. The van der Waals surface area contributed by atoms with Gasteiger partial charge in [-0.25, -0.2) is 4.99 Å². The van der Waals surface area contributed by atoms with Crippen molar-refractivity contribution in [2.75, 3.05) is 17.2 Å². The number of hydrogen-bond acceptors (Lipinski definition) is 5. The minimum atomic E-state index is -3.95. The molecule has 1 atom stereocenters. The summed E-state index contributed by atoms with van der Waals surface area (Å²) in [5.41, 5.74) is 5.36. The fraction of sp³-hybridized carbons (Fsp3) is 0.500. The Morgan fingerprint density at radius 3 is 2.57 bits per heavy atom. The van der Waals surface area contributed by atoms with Gasteiger partial charge in [0, 0.05) is 23.8 Å². The molecule has 0 saturated heterocycles. The van der Waals surface area contributed by atoms with Crippen molar-refractivity contribution in [1.29, 1.82) is 0 Å². The largest absolute Gasteiger partial charge is 0.453 e. The number of nitrogens with zero attached hydrogens (tertiary/aromatic N) is 2. The highest BCUT2D eigenvalue weighted by Gasteiger charge is 2.37. The van der Waals surface area contributed by atoms with Gasteiger partial charge in [-0.2, -0.15) is 8.42 Å². The van der Waals surface area contributed by atoms with Crippen molar-refractivity contribution >= 4 is 33.6 Å². The minimum absolute atomic E-state index is 0.0634. The minimum Gasteiger partial charge on any atom is -0.453 e. The fourth-order valence-corrected chi connectivity index (χ4v) is 6.34. The maximum Gasteiger partial charge on any atom is 0.264 e. The lowest BCUT2D eigenvalue weighted by Crippen LogP contribution is -2.48. The van der Waals surface area contributed by atoms with Crippen LogP contribution in [0.3, 0.4) is 0 Å². The van der Waals surface area contributed by atoms with Crippen LogP contribution in [0, 0.1) is 5.41 Å². The lowest BCUT2D eigenvalue weighted by Gasteiger charge is -2.48. The Balaban J connectivity index is 1.73. The van der Waals surface area contributed by atoms with Gasteiger partial charge >= 0.3 is 0 Å². The molecule has 0 aromatic heterocycles. The summed E-state index contributed by atoms with van der Waals surface area (Å²) in [5.74, 6) is 1.55. The summed E-state index contributed by atoms with van der Waals surface area (Å²) in [6, 6.07) is 8.27. The summed E-state index contributed by atoms with van der Waals surface area (Å²) < 4.78 is 37.8. The second kappa shape index (κ2) is 9.59. The Morgan fingerprint density at radius 2 is 1.92 bits per heavy atom. The van der Waals surface area contributed by atoms with E-state index < -0.39 is 10.1 Å². The Morgan fingerprint density at radius 1 is 1.22 bits per heavy atom. The standard InChI is InChI=1S/C30H40N2O4S/c1-19-13-27-24(14-22(19)20(2)17-29(4,5)6)31-25-15-23-21(3)18-30(7,8)32(26(23)16-28(25)36-27)11-9-10-12-37(33,34)35/h13-17,21H,1,9-12,18H2,2-8H3,(H,33,34,35)/b20-17-. The van der Waals surface area contributed by atoms with E-state index in [0.717, 1.165) is 33.9 Å². The second-order valence-electron chi connectivity index (χ2n) is 12.3. The molecule has 2 aromatic rings. The monoisotopic (exact) mass is 524 g/mol. The summed E-state index contributed by atoms with van der Waals surface area (Å²) >= 11 is 0. The third kappa shape index (κ3) is 6.10. The summed E-state index contributed by atoms with van der Waals surface area (Å²) in [6.45, 7) is 20.3. The predicted molar refractivity (Wildman–Crippen MR) is 152 cm³/mol. The SMILES string of the molecule is C=c1cc2c(cc1/C(C)=C\C(C)(C)C)=Nc1cc3c(cc1O2)N(CCCCS(=O)(=O)O)C(C)(C)CC3C. The molecule has 1 unspecified atom stereocenters. The zero-order chi connectivity index (χ0) is 27.3. The Kier molecular flexibility index (Phi) is 7.10. The average Bonchev–Trinajstić information content (AvgIpc) is 2.73. The van der Waals surface area contributed by atoms with Gasteiger partial charge < -0.3 is 9.64 Å². The molecule has 0 bridgehead atoms. The molecule has 1 N–H and O–H groups in total. The number of anilines is 1. The molecule has 2 aromatic carbocycles. The molecule has 0 spiro atoms. The van der Waals surface area contributed by atoms with E-state index in [1.54, 1.807) is 0 Å². The van der Waals surface area contributed by atoms with Crippen molar-refractivity contribution in [2.45, 2.75) is 79.2 Å². The van der Waals surface area contributed by atoms with Crippen LogP contribution in [0.2, 0.25) is 0 Å². The van der Waals surface area contributed by atoms with Crippen LogP contribution < -0.4 is 20.2 Å². The first-order chi connectivity index (χ1) is 17.0. The van der Waals surface area contributed by atoms with E-state index in [0.29, 0.717) is 36.8 Å². The highest BCUT2D eigenvalue weighted by atomic mass is 32.2. The van der Waals surface area contributed by atoms with Crippen LogP contribution in [0.5, 0.6) is 11.5 Å². The number of benzene rings is 2. The van der Waals surface area contributed by atoms with Gasteiger partial charge in [-0.15, -0.1) is 0 Å². The fourth-order valence-electron chi connectivity index (χ4n) is 5.77. The van der Waals surface area contributed by atoms with E-state index in [1.165, 1.54) is 11.1 Å². The van der Waals surface area contributed by atoms with Crippen molar-refractivity contribution in [3.05, 3.63) is 52.0 Å². The summed E-state index contributed by atoms with van der Waals surface area (Å²) in [4.78, 5) is 7.35. The highest BCUT2D eigenvalue weighted by molar-refractivity contribution is 7.85. The molecule has 0 saturated carbocycles. The molecule has 37 heavy (non-hydrogen) atoms. The molecular weight excluding hydrogens is 484 g/mol. The molecule has 2 aliphatic heterocycles. The van der Waals surface area contributed by atoms with Gasteiger partial charge in [0.15, 0.2) is 11.5 Å². The molecule has 6 nitrogen and oxygen atoms in total. The average molecular weight is 525 g/mol. The van der Waals surface area contributed by atoms with E-state index >= 15 is 0 Å². The first-order valence-corrected chi connectivity index (χ1v) is 14.7. The maximum atomic E-state index is 11.2. The van der Waals surface area contributed by atoms with Gasteiger partial charge in [0.25, 0.3) is 10.1 Å². The predicted octanol–water partition coefficient (Wildman–Crippen LogP) is 6.36. The first-order valence-electron chi connectivity index (χ1n) is 13.0. The van der Waals surface area contributed by atoms with Gasteiger partial charge in [0.1, 0.15) is 11.0 Å². The second-order valence-corrected chi connectivity index (χ2v) is 13.9. The van der Waals surface area contributed by atoms with Crippen LogP contribution in [-0.4, -0.2) is 30.8 Å². The topological polar surface area (TPSA) is 79.2 Å². The smallest absolute Gasteiger partial charge is 0.264 e. The molecule has 0 fully saturated rings. The van der Waals surface area contributed by atoms with E-state index in [1.807, 2.05) is 6.07 Å². The molecular formula is C30H40N2O4S.